The fourth-order valence-electron chi connectivity index (χ4n) is 6.92. The van der Waals surface area contributed by atoms with Crippen LogP contribution in [0.4, 0.5) is 0 Å². The lowest BCUT2D eigenvalue weighted by Gasteiger charge is -2.26. The van der Waals surface area contributed by atoms with Gasteiger partial charge in [0.15, 0.2) is 0 Å². The lowest BCUT2D eigenvalue weighted by molar-refractivity contribution is -0.124. The van der Waals surface area contributed by atoms with Gasteiger partial charge in [0.25, 0.3) is 0 Å². The summed E-state index contributed by atoms with van der Waals surface area (Å²) < 4.78 is 0. The standard InChI is InChI=1S/C44H87NO4/c1-3-5-7-9-11-13-15-17-19-21-22-23-24-26-28-30-32-34-36-38-42(47)44(49)41(40-46)45-43(48)39-37-35-33-31-29-27-25-20-18-16-14-12-10-8-6-4-2/h20,25,41-42,44,46-47,49H,3-19,21-24,26-40H2,1-2H3,(H,45,48)/b25-20-. The van der Waals surface area contributed by atoms with E-state index in [0.717, 1.165) is 44.9 Å². The third-order valence-electron chi connectivity index (χ3n) is 10.4. The van der Waals surface area contributed by atoms with Crippen molar-refractivity contribution in [1.82, 2.24) is 5.32 Å². The Morgan fingerprint density at radius 1 is 0.490 bits per heavy atom. The first-order valence-electron chi connectivity index (χ1n) is 22.0. The van der Waals surface area contributed by atoms with E-state index in [4.69, 9.17) is 0 Å². The summed E-state index contributed by atoms with van der Waals surface area (Å²) in [6.45, 7) is 4.18. The summed E-state index contributed by atoms with van der Waals surface area (Å²) in [6, 6.07) is -0.810. The van der Waals surface area contributed by atoms with Crippen molar-refractivity contribution in [3.63, 3.8) is 0 Å². The van der Waals surface area contributed by atoms with Crippen molar-refractivity contribution < 1.29 is 20.1 Å². The van der Waals surface area contributed by atoms with Crippen LogP contribution in [-0.2, 0) is 4.79 Å². The predicted octanol–water partition coefficient (Wildman–Crippen LogP) is 12.4. The van der Waals surface area contributed by atoms with E-state index in [1.165, 1.54) is 167 Å². The summed E-state index contributed by atoms with van der Waals surface area (Å²) in [5, 5.41) is 33.5. The molecule has 4 N–H and O–H groups in total. The van der Waals surface area contributed by atoms with Gasteiger partial charge in [-0.2, -0.15) is 0 Å². The zero-order valence-corrected chi connectivity index (χ0v) is 33.1. The molecule has 0 saturated carbocycles. The molecule has 49 heavy (non-hydrogen) atoms. The van der Waals surface area contributed by atoms with E-state index in [0.29, 0.717) is 12.8 Å². The third-order valence-corrected chi connectivity index (χ3v) is 10.4. The Kier molecular flexibility index (Phi) is 39.1. The van der Waals surface area contributed by atoms with Gasteiger partial charge in [0.05, 0.1) is 18.8 Å². The van der Waals surface area contributed by atoms with Crippen LogP contribution in [0.5, 0.6) is 0 Å². The van der Waals surface area contributed by atoms with Crippen LogP contribution in [0, 0.1) is 0 Å². The van der Waals surface area contributed by atoms with Gasteiger partial charge in [-0.1, -0.05) is 206 Å². The molecule has 0 aliphatic carbocycles. The maximum absolute atomic E-state index is 12.4. The van der Waals surface area contributed by atoms with Gasteiger partial charge in [-0.15, -0.1) is 0 Å². The molecule has 0 rings (SSSR count). The Morgan fingerprint density at radius 3 is 1.18 bits per heavy atom. The van der Waals surface area contributed by atoms with Crippen LogP contribution >= 0.6 is 0 Å². The molecule has 5 nitrogen and oxygen atoms in total. The predicted molar refractivity (Wildman–Crippen MR) is 213 cm³/mol. The second-order valence-electron chi connectivity index (χ2n) is 15.3. The average Bonchev–Trinajstić information content (AvgIpc) is 3.10. The first kappa shape index (κ1) is 48.1. The van der Waals surface area contributed by atoms with E-state index < -0.39 is 18.2 Å². The van der Waals surface area contributed by atoms with Crippen LogP contribution in [0.1, 0.15) is 239 Å². The highest BCUT2D eigenvalue weighted by Crippen LogP contribution is 2.16. The van der Waals surface area contributed by atoms with E-state index in [1.807, 2.05) is 0 Å². The number of aliphatic hydroxyl groups is 3. The molecule has 5 heteroatoms. The highest BCUT2D eigenvalue weighted by atomic mass is 16.3. The Balaban J connectivity index is 3.62. The number of allylic oxidation sites excluding steroid dienone is 2. The fraction of sp³-hybridized carbons (Fsp3) is 0.932. The highest BCUT2D eigenvalue weighted by molar-refractivity contribution is 5.76. The molecule has 0 spiro atoms. The van der Waals surface area contributed by atoms with Crippen LogP contribution in [0.25, 0.3) is 0 Å². The van der Waals surface area contributed by atoms with Crippen molar-refractivity contribution in [2.45, 2.75) is 257 Å². The molecule has 0 aromatic rings. The van der Waals surface area contributed by atoms with E-state index in [2.05, 4.69) is 31.3 Å². The van der Waals surface area contributed by atoms with Crippen molar-refractivity contribution in [3.8, 4) is 0 Å². The first-order valence-corrected chi connectivity index (χ1v) is 22.0. The summed E-state index contributed by atoms with van der Waals surface area (Å²) in [6.07, 6.45) is 46.0. The van der Waals surface area contributed by atoms with E-state index in [1.54, 1.807) is 0 Å². The normalized spacial score (nSPS) is 13.7. The largest absolute Gasteiger partial charge is 0.394 e. The van der Waals surface area contributed by atoms with Crippen molar-refractivity contribution in [3.05, 3.63) is 12.2 Å². The molecule has 1 amide bonds. The highest BCUT2D eigenvalue weighted by Gasteiger charge is 2.26. The maximum Gasteiger partial charge on any atom is 0.220 e. The summed E-state index contributed by atoms with van der Waals surface area (Å²) in [4.78, 5) is 12.4. The molecule has 0 heterocycles. The summed E-state index contributed by atoms with van der Waals surface area (Å²) >= 11 is 0. The lowest BCUT2D eigenvalue weighted by Crippen LogP contribution is -2.50. The number of hydrogen-bond donors (Lipinski definition) is 4. The second-order valence-corrected chi connectivity index (χ2v) is 15.3. The van der Waals surface area contributed by atoms with Gasteiger partial charge in [0.2, 0.25) is 5.91 Å². The van der Waals surface area contributed by atoms with Gasteiger partial charge in [-0.05, 0) is 38.5 Å². The number of rotatable bonds is 40. The number of carbonyl (C=O) groups is 1. The lowest BCUT2D eigenvalue weighted by atomic mass is 9.99. The number of aliphatic hydroxyl groups excluding tert-OH is 3. The van der Waals surface area contributed by atoms with E-state index >= 15 is 0 Å². The van der Waals surface area contributed by atoms with Crippen molar-refractivity contribution in [2.24, 2.45) is 0 Å². The first-order chi connectivity index (χ1) is 24.1. The molecular formula is C44H87NO4. The van der Waals surface area contributed by atoms with Gasteiger partial charge >= 0.3 is 0 Å². The third kappa shape index (κ3) is 35.3. The van der Waals surface area contributed by atoms with Gasteiger partial charge in [0, 0.05) is 6.42 Å². The molecule has 0 aromatic carbocycles. The quantitative estimate of drug-likeness (QED) is 0.0380. The molecule has 0 aliphatic heterocycles. The summed E-state index contributed by atoms with van der Waals surface area (Å²) in [7, 11) is 0. The van der Waals surface area contributed by atoms with Gasteiger partial charge in [-0.25, -0.2) is 0 Å². The topological polar surface area (TPSA) is 89.8 Å². The molecule has 0 radical (unpaired) electrons. The summed E-state index contributed by atoms with van der Waals surface area (Å²) in [5.74, 6) is -0.151. The van der Waals surface area contributed by atoms with Gasteiger partial charge < -0.3 is 20.6 Å². The molecule has 0 bridgehead atoms. The van der Waals surface area contributed by atoms with Crippen LogP contribution in [-0.4, -0.2) is 46.1 Å². The Bertz CT molecular complexity index is 684. The number of unbranched alkanes of at least 4 members (excludes halogenated alkanes) is 30. The number of carbonyl (C=O) groups excluding carboxylic acids is 1. The fourth-order valence-corrected chi connectivity index (χ4v) is 6.92. The minimum absolute atomic E-state index is 0.151. The van der Waals surface area contributed by atoms with E-state index in [-0.39, 0.29) is 12.5 Å². The van der Waals surface area contributed by atoms with Gasteiger partial charge in [-0.3, -0.25) is 4.79 Å². The Labute approximate surface area is 306 Å². The number of amides is 1. The zero-order chi connectivity index (χ0) is 35.9. The van der Waals surface area contributed by atoms with Crippen LogP contribution in [0.3, 0.4) is 0 Å². The van der Waals surface area contributed by atoms with Crippen LogP contribution in [0.15, 0.2) is 12.2 Å². The molecule has 3 unspecified atom stereocenters. The number of hydrogen-bond acceptors (Lipinski definition) is 4. The monoisotopic (exact) mass is 694 g/mol. The molecule has 0 saturated heterocycles. The van der Waals surface area contributed by atoms with Crippen molar-refractivity contribution in [2.75, 3.05) is 6.61 Å². The molecule has 3 atom stereocenters. The van der Waals surface area contributed by atoms with Crippen molar-refractivity contribution >= 4 is 5.91 Å². The molecule has 0 aliphatic rings. The SMILES string of the molecule is CCCCCCCCC/C=C\CCCCCCCC(=O)NC(CO)C(O)C(O)CCCCCCCCCCCCCCCCCCCCC. The van der Waals surface area contributed by atoms with E-state index in [9.17, 15) is 20.1 Å². The van der Waals surface area contributed by atoms with Crippen molar-refractivity contribution in [1.29, 1.82) is 0 Å². The smallest absolute Gasteiger partial charge is 0.220 e. The van der Waals surface area contributed by atoms with Crippen LogP contribution in [0.2, 0.25) is 0 Å². The Morgan fingerprint density at radius 2 is 0.816 bits per heavy atom. The molecule has 292 valence electrons. The molecular weight excluding hydrogens is 606 g/mol. The minimum atomic E-state index is -1.14. The molecule has 0 fully saturated rings. The van der Waals surface area contributed by atoms with Crippen LogP contribution < -0.4 is 5.32 Å². The maximum atomic E-state index is 12.4. The second kappa shape index (κ2) is 39.9. The zero-order valence-electron chi connectivity index (χ0n) is 33.1. The Hall–Kier alpha value is -0.910. The number of nitrogens with one attached hydrogen (secondary N) is 1. The average molecular weight is 694 g/mol. The minimum Gasteiger partial charge on any atom is -0.394 e. The van der Waals surface area contributed by atoms with Gasteiger partial charge in [0.1, 0.15) is 6.10 Å². The molecule has 0 aromatic heterocycles. The summed E-state index contributed by atoms with van der Waals surface area (Å²) in [5.41, 5.74) is 0.